The number of aryl methyl sites for hydroxylation is 2. The summed E-state index contributed by atoms with van der Waals surface area (Å²) in [5.41, 5.74) is 4.12. The molecule has 2 aromatic carbocycles. The van der Waals surface area contributed by atoms with Crippen LogP contribution in [0.15, 0.2) is 54.6 Å². The maximum Gasteiger partial charge on any atom is 0.0208 e. The van der Waals surface area contributed by atoms with E-state index in [1.807, 2.05) is 0 Å². The van der Waals surface area contributed by atoms with Gasteiger partial charge in [-0.15, -0.1) is 0 Å². The van der Waals surface area contributed by atoms with Crippen LogP contribution >= 0.6 is 0 Å². The fourth-order valence-corrected chi connectivity index (χ4v) is 2.24. The largest absolute Gasteiger partial charge is 0.310 e. The van der Waals surface area contributed by atoms with Gasteiger partial charge in [-0.05, 0) is 37.8 Å². The fourth-order valence-electron chi connectivity index (χ4n) is 2.24. The number of nitrogens with one attached hydrogen (secondary N) is 1. The number of hydrogen-bond donors (Lipinski definition) is 1. The highest BCUT2D eigenvalue weighted by atomic mass is 14.9. The molecule has 0 aliphatic heterocycles. The third-order valence-electron chi connectivity index (χ3n) is 3.45. The van der Waals surface area contributed by atoms with Gasteiger partial charge < -0.3 is 5.32 Å². The SMILES string of the molecule is Cc1cccc(CN[C@@H](C)CCc2ccccc2)c1. The van der Waals surface area contributed by atoms with Gasteiger partial charge in [0.15, 0.2) is 0 Å². The van der Waals surface area contributed by atoms with E-state index in [-0.39, 0.29) is 0 Å². The van der Waals surface area contributed by atoms with Crippen molar-refractivity contribution in [3.63, 3.8) is 0 Å². The van der Waals surface area contributed by atoms with Gasteiger partial charge in [-0.25, -0.2) is 0 Å². The molecule has 1 N–H and O–H groups in total. The second-order valence-corrected chi connectivity index (χ2v) is 5.30. The molecule has 0 fully saturated rings. The molecule has 0 spiro atoms. The second-order valence-electron chi connectivity index (χ2n) is 5.30. The molecule has 100 valence electrons. The summed E-state index contributed by atoms with van der Waals surface area (Å²) in [5.74, 6) is 0. The van der Waals surface area contributed by atoms with Crippen LogP contribution in [0, 0.1) is 6.92 Å². The van der Waals surface area contributed by atoms with Gasteiger partial charge in [-0.2, -0.15) is 0 Å². The lowest BCUT2D eigenvalue weighted by Gasteiger charge is -2.14. The monoisotopic (exact) mass is 253 g/mol. The maximum absolute atomic E-state index is 3.60. The van der Waals surface area contributed by atoms with Crippen molar-refractivity contribution in [3.8, 4) is 0 Å². The molecule has 0 aliphatic rings. The number of rotatable bonds is 6. The van der Waals surface area contributed by atoms with Crippen LogP contribution in [0.25, 0.3) is 0 Å². The highest BCUT2D eigenvalue weighted by Gasteiger charge is 2.02. The van der Waals surface area contributed by atoms with Crippen LogP contribution in [0.3, 0.4) is 0 Å². The lowest BCUT2D eigenvalue weighted by Crippen LogP contribution is -2.25. The van der Waals surface area contributed by atoms with Crippen molar-refractivity contribution in [1.29, 1.82) is 0 Å². The predicted molar refractivity (Wildman–Crippen MR) is 82.2 cm³/mol. The van der Waals surface area contributed by atoms with Crippen molar-refractivity contribution < 1.29 is 0 Å². The summed E-state index contributed by atoms with van der Waals surface area (Å²) in [7, 11) is 0. The van der Waals surface area contributed by atoms with Crippen molar-refractivity contribution in [1.82, 2.24) is 5.32 Å². The van der Waals surface area contributed by atoms with Gasteiger partial charge in [0.2, 0.25) is 0 Å². The Labute approximate surface area is 116 Å². The Bertz CT molecular complexity index is 490. The quantitative estimate of drug-likeness (QED) is 0.817. The molecular formula is C18H23N. The highest BCUT2D eigenvalue weighted by Crippen LogP contribution is 2.07. The van der Waals surface area contributed by atoms with E-state index in [4.69, 9.17) is 0 Å². The maximum atomic E-state index is 3.60. The van der Waals surface area contributed by atoms with E-state index in [2.05, 4.69) is 73.8 Å². The average molecular weight is 253 g/mol. The minimum absolute atomic E-state index is 0.542. The Balaban J connectivity index is 1.74. The van der Waals surface area contributed by atoms with Crippen LogP contribution in [0.5, 0.6) is 0 Å². The molecule has 0 amide bonds. The third-order valence-corrected chi connectivity index (χ3v) is 3.45. The van der Waals surface area contributed by atoms with Crippen molar-refractivity contribution in [2.75, 3.05) is 0 Å². The smallest absolute Gasteiger partial charge is 0.0208 e. The van der Waals surface area contributed by atoms with Gasteiger partial charge in [-0.1, -0.05) is 60.2 Å². The van der Waals surface area contributed by atoms with Gasteiger partial charge in [0, 0.05) is 12.6 Å². The normalized spacial score (nSPS) is 12.3. The van der Waals surface area contributed by atoms with E-state index in [1.54, 1.807) is 0 Å². The first-order valence-corrected chi connectivity index (χ1v) is 7.07. The zero-order valence-electron chi connectivity index (χ0n) is 11.9. The molecule has 0 aromatic heterocycles. The molecule has 2 rings (SSSR count). The number of benzene rings is 2. The van der Waals surface area contributed by atoms with E-state index in [1.165, 1.54) is 23.1 Å². The van der Waals surface area contributed by atoms with Crippen LogP contribution in [0.2, 0.25) is 0 Å². The molecule has 0 aliphatic carbocycles. The zero-order chi connectivity index (χ0) is 13.5. The first kappa shape index (κ1) is 13.8. The molecule has 2 aromatic rings. The van der Waals surface area contributed by atoms with Crippen LogP contribution < -0.4 is 5.32 Å². The Morgan fingerprint density at radius 1 is 0.947 bits per heavy atom. The fraction of sp³-hybridized carbons (Fsp3) is 0.333. The van der Waals surface area contributed by atoms with Gasteiger partial charge in [0.25, 0.3) is 0 Å². The summed E-state index contributed by atoms with van der Waals surface area (Å²) in [6.45, 7) is 5.36. The minimum Gasteiger partial charge on any atom is -0.310 e. The number of hydrogen-bond acceptors (Lipinski definition) is 1. The summed E-state index contributed by atoms with van der Waals surface area (Å²) in [4.78, 5) is 0. The first-order valence-electron chi connectivity index (χ1n) is 7.07. The van der Waals surface area contributed by atoms with E-state index in [0.717, 1.165) is 13.0 Å². The highest BCUT2D eigenvalue weighted by molar-refractivity contribution is 5.22. The average Bonchev–Trinajstić information content (AvgIpc) is 2.44. The van der Waals surface area contributed by atoms with Crippen LogP contribution in [-0.4, -0.2) is 6.04 Å². The van der Waals surface area contributed by atoms with Crippen molar-refractivity contribution in [3.05, 3.63) is 71.3 Å². The minimum atomic E-state index is 0.542. The van der Waals surface area contributed by atoms with E-state index in [0.29, 0.717) is 6.04 Å². The van der Waals surface area contributed by atoms with Crippen molar-refractivity contribution in [2.24, 2.45) is 0 Å². The summed E-state index contributed by atoms with van der Waals surface area (Å²) >= 11 is 0. The molecule has 1 nitrogen and oxygen atoms in total. The van der Waals surface area contributed by atoms with Gasteiger partial charge in [-0.3, -0.25) is 0 Å². The van der Waals surface area contributed by atoms with Crippen LogP contribution in [0.4, 0.5) is 0 Å². The summed E-state index contributed by atoms with van der Waals surface area (Å²) in [6.07, 6.45) is 2.32. The van der Waals surface area contributed by atoms with Crippen molar-refractivity contribution >= 4 is 0 Å². The van der Waals surface area contributed by atoms with Gasteiger partial charge in [0.05, 0.1) is 0 Å². The third kappa shape index (κ3) is 4.88. The standard InChI is InChI=1S/C18H23N/c1-15-7-6-10-18(13-15)14-19-16(2)11-12-17-8-4-3-5-9-17/h3-10,13,16,19H,11-12,14H2,1-2H3/t16-/m0/s1. The zero-order valence-corrected chi connectivity index (χ0v) is 11.9. The Kier molecular flexibility index (Phi) is 5.17. The van der Waals surface area contributed by atoms with Crippen LogP contribution in [-0.2, 0) is 13.0 Å². The summed E-state index contributed by atoms with van der Waals surface area (Å²) < 4.78 is 0. The van der Waals surface area contributed by atoms with Crippen molar-refractivity contribution in [2.45, 2.75) is 39.3 Å². The summed E-state index contributed by atoms with van der Waals surface area (Å²) in [5, 5.41) is 3.60. The molecule has 0 radical (unpaired) electrons. The summed E-state index contributed by atoms with van der Waals surface area (Å²) in [6, 6.07) is 19.9. The van der Waals surface area contributed by atoms with Gasteiger partial charge in [0.1, 0.15) is 0 Å². The first-order chi connectivity index (χ1) is 9.24. The Hall–Kier alpha value is -1.60. The Morgan fingerprint density at radius 3 is 2.42 bits per heavy atom. The molecule has 0 bridgehead atoms. The molecule has 0 heterocycles. The van der Waals surface area contributed by atoms with Gasteiger partial charge >= 0.3 is 0 Å². The molecular weight excluding hydrogens is 230 g/mol. The molecule has 1 atom stereocenters. The lowest BCUT2D eigenvalue weighted by molar-refractivity contribution is 0.514. The molecule has 1 heteroatoms. The topological polar surface area (TPSA) is 12.0 Å². The second kappa shape index (κ2) is 7.10. The van der Waals surface area contributed by atoms with Crippen LogP contribution in [0.1, 0.15) is 30.0 Å². The lowest BCUT2D eigenvalue weighted by atomic mass is 10.1. The molecule has 19 heavy (non-hydrogen) atoms. The Morgan fingerprint density at radius 2 is 1.68 bits per heavy atom. The van der Waals surface area contributed by atoms with E-state index >= 15 is 0 Å². The molecule has 0 saturated carbocycles. The molecule has 0 unspecified atom stereocenters. The van der Waals surface area contributed by atoms with E-state index in [9.17, 15) is 0 Å². The predicted octanol–water partition coefficient (Wildman–Crippen LogP) is 4.11. The molecule has 0 saturated heterocycles. The van der Waals surface area contributed by atoms with E-state index < -0.39 is 0 Å².